The van der Waals surface area contributed by atoms with Crippen molar-refractivity contribution in [2.24, 2.45) is 0 Å². The van der Waals surface area contributed by atoms with E-state index in [2.05, 4.69) is 82.2 Å². The molecule has 45 heavy (non-hydrogen) atoms. The number of hydrogen-bond donors (Lipinski definition) is 1. The van der Waals surface area contributed by atoms with Gasteiger partial charge in [-0.15, -0.1) is 0 Å². The first-order valence-electron chi connectivity index (χ1n) is 15.1. The summed E-state index contributed by atoms with van der Waals surface area (Å²) >= 11 is 12.4. The van der Waals surface area contributed by atoms with Crippen LogP contribution in [0.25, 0.3) is 10.9 Å². The summed E-state index contributed by atoms with van der Waals surface area (Å²) in [6, 6.07) is 24.9. The van der Waals surface area contributed by atoms with Gasteiger partial charge in [0.2, 0.25) is 0 Å². The zero-order valence-electron chi connectivity index (χ0n) is 25.0. The number of anilines is 1. The van der Waals surface area contributed by atoms with Crippen LogP contribution in [-0.2, 0) is 23.6 Å². The predicted octanol–water partition coefficient (Wildman–Crippen LogP) is 8.28. The molecule has 3 aliphatic rings. The normalized spacial score (nSPS) is 18.3. The third kappa shape index (κ3) is 9.70. The predicted molar refractivity (Wildman–Crippen MR) is 184 cm³/mol. The first-order chi connectivity index (χ1) is 21.6. The van der Waals surface area contributed by atoms with Crippen molar-refractivity contribution in [2.75, 3.05) is 38.0 Å². The largest absolute Gasteiger partial charge is 0.374 e. The summed E-state index contributed by atoms with van der Waals surface area (Å²) in [5, 5.41) is 6.22. The molecule has 1 aliphatic heterocycles. The summed E-state index contributed by atoms with van der Waals surface area (Å²) in [5.41, 5.74) is 5.56. The Balaban J connectivity index is 0.000000609. The SMILES string of the molecule is Clc1ccc(C(Nc2ccnc3cc(Cl)ccc23)c2ccc(CN3CCN(C[C]4[CH][CH][CH][CH]4)CC3)cc2)cc1.[CH]1[CH][CH][CH][CH]1.[Fe]. The molecule has 7 rings (SSSR count). The average Bonchev–Trinajstić information content (AvgIpc) is 3.80. The van der Waals surface area contributed by atoms with E-state index in [1.165, 1.54) is 17.0 Å². The Bertz CT molecular complexity index is 1450. The Kier molecular flexibility index (Phi) is 13.1. The molecule has 7 heteroatoms. The van der Waals surface area contributed by atoms with E-state index in [0.717, 1.165) is 66.4 Å². The number of fused-ring (bicyclic) bond motifs is 1. The van der Waals surface area contributed by atoms with E-state index in [-0.39, 0.29) is 23.1 Å². The van der Waals surface area contributed by atoms with Crippen LogP contribution in [0.3, 0.4) is 0 Å². The summed E-state index contributed by atoms with van der Waals surface area (Å²) in [6.07, 6.45) is 20.5. The van der Waals surface area contributed by atoms with E-state index in [0.29, 0.717) is 5.02 Å². The van der Waals surface area contributed by atoms with Gasteiger partial charge in [-0.2, -0.15) is 0 Å². The Labute approximate surface area is 290 Å². The second-order valence-corrected chi connectivity index (χ2v) is 12.1. The molecule has 0 bridgehead atoms. The molecule has 2 saturated carbocycles. The van der Waals surface area contributed by atoms with Gasteiger partial charge in [0.05, 0.1) is 11.6 Å². The van der Waals surface area contributed by atoms with Crippen molar-refractivity contribution in [2.45, 2.75) is 12.6 Å². The molecule has 2 heterocycles. The summed E-state index contributed by atoms with van der Waals surface area (Å²) in [4.78, 5) is 9.61. The fraction of sp³-hybridized carbons (Fsp3) is 0.184. The molecular weight excluding hydrogens is 639 g/mol. The van der Waals surface area contributed by atoms with Crippen LogP contribution >= 0.6 is 23.2 Å². The van der Waals surface area contributed by atoms with Gasteiger partial charge in [-0.1, -0.05) is 59.6 Å². The van der Waals surface area contributed by atoms with Crippen molar-refractivity contribution in [3.8, 4) is 0 Å². The molecule has 0 amide bonds. The van der Waals surface area contributed by atoms with Crippen molar-refractivity contribution < 1.29 is 17.1 Å². The standard InChI is InChI=1S/C33H31Cl2N4.C5H5.Fe/c34-28-11-9-27(10-12-28)33(37-31-15-16-36-32-21-29(35)13-14-30(31)32)26-7-5-25(6-8-26)23-39-19-17-38(18-20-39)22-24-3-1-2-4-24;1-2-4-5-3-1;/h1-16,21,33H,17-20,22-23H2,(H,36,37);1-5H;. The Morgan fingerprint density at radius 2 is 1.20 bits per heavy atom. The molecule has 10 radical (unpaired) electrons. The van der Waals surface area contributed by atoms with Crippen LogP contribution < -0.4 is 5.32 Å². The van der Waals surface area contributed by atoms with E-state index < -0.39 is 0 Å². The second-order valence-electron chi connectivity index (χ2n) is 11.2. The van der Waals surface area contributed by atoms with Crippen LogP contribution in [0.5, 0.6) is 0 Å². The van der Waals surface area contributed by atoms with Crippen molar-refractivity contribution in [1.82, 2.24) is 14.8 Å². The number of rotatable bonds is 8. The Hall–Kier alpha value is -2.11. The fourth-order valence-electron chi connectivity index (χ4n) is 5.69. The molecule has 2 aliphatic carbocycles. The van der Waals surface area contributed by atoms with Crippen molar-refractivity contribution >= 4 is 39.8 Å². The maximum Gasteiger partial charge on any atom is 0.0767 e. The van der Waals surface area contributed by atoms with Crippen LogP contribution in [0.2, 0.25) is 10.0 Å². The van der Waals surface area contributed by atoms with Gasteiger partial charge >= 0.3 is 0 Å². The molecular formula is C38H36Cl2FeN4. The second kappa shape index (κ2) is 17.2. The number of benzene rings is 3. The van der Waals surface area contributed by atoms with E-state index in [1.807, 2.05) is 74.7 Å². The zero-order valence-corrected chi connectivity index (χ0v) is 27.6. The molecule has 3 fully saturated rings. The van der Waals surface area contributed by atoms with E-state index in [1.54, 1.807) is 0 Å². The van der Waals surface area contributed by atoms with E-state index >= 15 is 0 Å². The molecule has 1 aromatic heterocycles. The number of nitrogens with zero attached hydrogens (tertiary/aromatic N) is 3. The molecule has 0 spiro atoms. The average molecular weight is 675 g/mol. The minimum atomic E-state index is -0.0441. The van der Waals surface area contributed by atoms with Crippen molar-refractivity contribution in [1.29, 1.82) is 0 Å². The summed E-state index contributed by atoms with van der Waals surface area (Å²) < 4.78 is 0. The van der Waals surface area contributed by atoms with E-state index in [9.17, 15) is 0 Å². The minimum absolute atomic E-state index is 0. The molecule has 1 unspecified atom stereocenters. The van der Waals surface area contributed by atoms with Crippen LogP contribution in [0.4, 0.5) is 5.69 Å². The van der Waals surface area contributed by atoms with E-state index in [4.69, 9.17) is 23.2 Å². The Morgan fingerprint density at radius 3 is 1.82 bits per heavy atom. The molecule has 1 saturated heterocycles. The van der Waals surface area contributed by atoms with Gasteiger partial charge < -0.3 is 10.2 Å². The van der Waals surface area contributed by atoms with Gasteiger partial charge in [0, 0.05) is 83.7 Å². The Morgan fingerprint density at radius 1 is 0.644 bits per heavy atom. The topological polar surface area (TPSA) is 31.4 Å². The third-order valence-corrected chi connectivity index (χ3v) is 8.57. The minimum Gasteiger partial charge on any atom is -0.374 e. The molecule has 4 nitrogen and oxygen atoms in total. The van der Waals surface area contributed by atoms with Crippen LogP contribution in [0.1, 0.15) is 22.7 Å². The van der Waals surface area contributed by atoms with Crippen molar-refractivity contribution in [3.63, 3.8) is 0 Å². The first kappa shape index (κ1) is 34.2. The van der Waals surface area contributed by atoms with Gasteiger partial charge in [-0.3, -0.25) is 9.88 Å². The molecule has 230 valence electrons. The summed E-state index contributed by atoms with van der Waals surface area (Å²) in [7, 11) is 0. The third-order valence-electron chi connectivity index (χ3n) is 8.09. The quantitative estimate of drug-likeness (QED) is 0.191. The number of halogens is 2. The number of piperazine rings is 1. The van der Waals surface area contributed by atoms with Gasteiger partial charge in [-0.05, 0) is 117 Å². The van der Waals surface area contributed by atoms with Crippen molar-refractivity contribution in [3.05, 3.63) is 169 Å². The number of pyridine rings is 1. The monoisotopic (exact) mass is 674 g/mol. The first-order valence-corrected chi connectivity index (χ1v) is 15.8. The maximum absolute atomic E-state index is 6.22. The number of aromatic nitrogens is 1. The van der Waals surface area contributed by atoms with Gasteiger partial charge in [0.15, 0.2) is 0 Å². The number of nitrogens with one attached hydrogen (secondary N) is 1. The number of hydrogen-bond acceptors (Lipinski definition) is 4. The summed E-state index contributed by atoms with van der Waals surface area (Å²) in [5.74, 6) is 1.41. The van der Waals surface area contributed by atoms with Crippen LogP contribution in [0, 0.1) is 63.7 Å². The van der Waals surface area contributed by atoms with Gasteiger partial charge in [0.25, 0.3) is 0 Å². The van der Waals surface area contributed by atoms with Gasteiger partial charge in [0.1, 0.15) is 0 Å². The molecule has 3 aromatic carbocycles. The fourth-order valence-corrected chi connectivity index (χ4v) is 5.99. The summed E-state index contributed by atoms with van der Waals surface area (Å²) in [6.45, 7) is 6.43. The maximum atomic E-state index is 6.22. The van der Waals surface area contributed by atoms with Crippen LogP contribution in [-0.4, -0.2) is 47.5 Å². The molecule has 1 N–H and O–H groups in total. The van der Waals surface area contributed by atoms with Gasteiger partial charge in [-0.25, -0.2) is 0 Å². The smallest absolute Gasteiger partial charge is 0.0767 e. The van der Waals surface area contributed by atoms with Crippen LogP contribution in [0.15, 0.2) is 79.0 Å². The molecule has 1 atom stereocenters. The molecule has 4 aromatic rings. The zero-order chi connectivity index (χ0) is 30.1.